The van der Waals surface area contributed by atoms with Crippen molar-refractivity contribution < 1.29 is 14.3 Å². The van der Waals surface area contributed by atoms with E-state index >= 15 is 0 Å². The standard InChI is InChI=1S/C18H28N2O3.ClH/c1-13(19)18(21)20-8-6-14(7-9-20)4-5-15-10-16(22-2)12-17(11-15)23-3;/h10-14H,4-9,19H2,1-3H3;1H/t13-;/m1./s1. The molecule has 2 rings (SSSR count). The summed E-state index contributed by atoms with van der Waals surface area (Å²) in [5, 5.41) is 0. The number of likely N-dealkylation sites (tertiary alicyclic amines) is 1. The molecule has 0 unspecified atom stereocenters. The second-order valence-electron chi connectivity index (χ2n) is 6.32. The minimum absolute atomic E-state index is 0. The Morgan fingerprint density at radius 3 is 2.21 bits per heavy atom. The number of nitrogens with two attached hydrogens (primary N) is 1. The van der Waals surface area contributed by atoms with Crippen molar-refractivity contribution in [3.8, 4) is 11.5 Å². The zero-order valence-corrected chi connectivity index (χ0v) is 15.6. The number of aryl methyl sites for hydroxylation is 1. The third kappa shape index (κ3) is 5.56. The number of nitrogens with zero attached hydrogens (tertiary/aromatic N) is 1. The quantitative estimate of drug-likeness (QED) is 0.851. The Morgan fingerprint density at radius 1 is 1.21 bits per heavy atom. The number of benzene rings is 1. The molecule has 24 heavy (non-hydrogen) atoms. The molecular formula is C18H29ClN2O3. The van der Waals surface area contributed by atoms with Crippen molar-refractivity contribution in [2.75, 3.05) is 27.3 Å². The maximum absolute atomic E-state index is 11.9. The second kappa shape index (κ2) is 9.74. The van der Waals surface area contributed by atoms with Crippen LogP contribution in [0.3, 0.4) is 0 Å². The Balaban J connectivity index is 0.00000288. The Hall–Kier alpha value is -1.46. The lowest BCUT2D eigenvalue weighted by Gasteiger charge is -2.33. The Bertz CT molecular complexity index is 507. The van der Waals surface area contributed by atoms with Crippen molar-refractivity contribution in [2.24, 2.45) is 11.7 Å². The lowest BCUT2D eigenvalue weighted by molar-refractivity contribution is -0.133. The average Bonchev–Trinajstić information content (AvgIpc) is 2.59. The zero-order chi connectivity index (χ0) is 16.8. The number of piperidine rings is 1. The molecule has 1 aromatic rings. The van der Waals surface area contributed by atoms with Gasteiger partial charge in [0.2, 0.25) is 5.91 Å². The SMILES string of the molecule is COc1cc(CCC2CCN(C(=O)[C@@H](C)N)CC2)cc(OC)c1.Cl. The largest absolute Gasteiger partial charge is 0.497 e. The summed E-state index contributed by atoms with van der Waals surface area (Å²) in [5.41, 5.74) is 6.91. The van der Waals surface area contributed by atoms with Gasteiger partial charge in [-0.25, -0.2) is 0 Å². The molecule has 0 saturated carbocycles. The molecule has 2 N–H and O–H groups in total. The van der Waals surface area contributed by atoms with E-state index in [0.717, 1.165) is 50.3 Å². The second-order valence-corrected chi connectivity index (χ2v) is 6.32. The number of amides is 1. The summed E-state index contributed by atoms with van der Waals surface area (Å²) in [6.07, 6.45) is 4.23. The van der Waals surface area contributed by atoms with E-state index in [0.29, 0.717) is 5.92 Å². The first-order valence-corrected chi connectivity index (χ1v) is 8.29. The van der Waals surface area contributed by atoms with Crippen molar-refractivity contribution in [3.63, 3.8) is 0 Å². The molecule has 1 saturated heterocycles. The summed E-state index contributed by atoms with van der Waals surface area (Å²) in [6.45, 7) is 3.41. The lowest BCUT2D eigenvalue weighted by Crippen LogP contribution is -2.45. The predicted octanol–water partition coefficient (Wildman–Crippen LogP) is 2.64. The van der Waals surface area contributed by atoms with Gasteiger partial charge in [-0.15, -0.1) is 12.4 Å². The van der Waals surface area contributed by atoms with Gasteiger partial charge in [-0.1, -0.05) is 0 Å². The van der Waals surface area contributed by atoms with Crippen LogP contribution in [0.4, 0.5) is 0 Å². The molecule has 136 valence electrons. The first-order valence-electron chi connectivity index (χ1n) is 8.29. The smallest absolute Gasteiger partial charge is 0.239 e. The van der Waals surface area contributed by atoms with Gasteiger partial charge in [-0.05, 0) is 56.2 Å². The van der Waals surface area contributed by atoms with Gasteiger partial charge in [0.25, 0.3) is 0 Å². The molecule has 6 heteroatoms. The van der Waals surface area contributed by atoms with Crippen LogP contribution in [0.1, 0.15) is 31.7 Å². The predicted molar refractivity (Wildman–Crippen MR) is 98.1 cm³/mol. The van der Waals surface area contributed by atoms with Crippen molar-refractivity contribution in [1.29, 1.82) is 0 Å². The van der Waals surface area contributed by atoms with Crippen molar-refractivity contribution >= 4 is 18.3 Å². The highest BCUT2D eigenvalue weighted by Crippen LogP contribution is 2.27. The fraction of sp³-hybridized carbons (Fsp3) is 0.611. The molecule has 1 aliphatic rings. The highest BCUT2D eigenvalue weighted by molar-refractivity contribution is 5.85. The van der Waals surface area contributed by atoms with Gasteiger partial charge >= 0.3 is 0 Å². The molecule has 0 aromatic heterocycles. The summed E-state index contributed by atoms with van der Waals surface area (Å²) in [6, 6.07) is 5.63. The molecular weight excluding hydrogens is 328 g/mol. The third-order valence-corrected chi connectivity index (χ3v) is 4.57. The molecule has 1 fully saturated rings. The Kier molecular flexibility index (Phi) is 8.36. The van der Waals surface area contributed by atoms with Crippen LogP contribution in [0.5, 0.6) is 11.5 Å². The normalized spacial score (nSPS) is 16.2. The van der Waals surface area contributed by atoms with Crippen molar-refractivity contribution in [2.45, 2.75) is 38.6 Å². The van der Waals surface area contributed by atoms with Crippen LogP contribution >= 0.6 is 12.4 Å². The van der Waals surface area contributed by atoms with Crippen molar-refractivity contribution in [3.05, 3.63) is 23.8 Å². The molecule has 1 atom stereocenters. The number of rotatable bonds is 6. The Labute approximate surface area is 150 Å². The molecule has 1 aromatic carbocycles. The zero-order valence-electron chi connectivity index (χ0n) is 14.8. The number of methoxy groups -OCH3 is 2. The van der Waals surface area contributed by atoms with E-state index in [1.165, 1.54) is 5.56 Å². The highest BCUT2D eigenvalue weighted by Gasteiger charge is 2.24. The third-order valence-electron chi connectivity index (χ3n) is 4.57. The number of hydrogen-bond acceptors (Lipinski definition) is 4. The van der Waals surface area contributed by atoms with E-state index in [-0.39, 0.29) is 18.3 Å². The summed E-state index contributed by atoms with van der Waals surface area (Å²) >= 11 is 0. The molecule has 0 spiro atoms. The lowest BCUT2D eigenvalue weighted by atomic mass is 9.90. The monoisotopic (exact) mass is 356 g/mol. The van der Waals surface area contributed by atoms with E-state index < -0.39 is 6.04 Å². The van der Waals surface area contributed by atoms with Gasteiger partial charge < -0.3 is 20.1 Å². The van der Waals surface area contributed by atoms with Crippen LogP contribution in [-0.4, -0.2) is 44.2 Å². The molecule has 0 aliphatic carbocycles. The highest BCUT2D eigenvalue weighted by atomic mass is 35.5. The Morgan fingerprint density at radius 2 is 1.75 bits per heavy atom. The van der Waals surface area contributed by atoms with Gasteiger partial charge in [0.15, 0.2) is 0 Å². The number of ether oxygens (including phenoxy) is 2. The topological polar surface area (TPSA) is 64.8 Å². The number of hydrogen-bond donors (Lipinski definition) is 1. The van der Waals surface area contributed by atoms with Crippen LogP contribution in [0, 0.1) is 5.92 Å². The maximum Gasteiger partial charge on any atom is 0.239 e. The van der Waals surface area contributed by atoms with Crippen LogP contribution in [0.15, 0.2) is 18.2 Å². The minimum atomic E-state index is -0.393. The summed E-state index contributed by atoms with van der Waals surface area (Å²) in [5.74, 6) is 2.39. The van der Waals surface area contributed by atoms with Crippen LogP contribution in [0.25, 0.3) is 0 Å². The molecule has 0 radical (unpaired) electrons. The van der Waals surface area contributed by atoms with Crippen LogP contribution in [-0.2, 0) is 11.2 Å². The van der Waals surface area contributed by atoms with Crippen molar-refractivity contribution in [1.82, 2.24) is 4.90 Å². The molecule has 1 aliphatic heterocycles. The maximum atomic E-state index is 11.9. The number of halogens is 1. The minimum Gasteiger partial charge on any atom is -0.497 e. The molecule has 1 heterocycles. The average molecular weight is 357 g/mol. The summed E-state index contributed by atoms with van der Waals surface area (Å²) in [7, 11) is 3.34. The van der Waals surface area contributed by atoms with E-state index in [1.807, 2.05) is 11.0 Å². The fourth-order valence-electron chi connectivity index (χ4n) is 3.11. The summed E-state index contributed by atoms with van der Waals surface area (Å²) in [4.78, 5) is 13.8. The first kappa shape index (κ1) is 20.6. The van der Waals surface area contributed by atoms with Gasteiger partial charge in [0.05, 0.1) is 20.3 Å². The van der Waals surface area contributed by atoms with Gasteiger partial charge in [-0.2, -0.15) is 0 Å². The molecule has 5 nitrogen and oxygen atoms in total. The number of carbonyl (C=O) groups excluding carboxylic acids is 1. The summed E-state index contributed by atoms with van der Waals surface area (Å²) < 4.78 is 10.6. The van der Waals surface area contributed by atoms with Gasteiger partial charge in [-0.3, -0.25) is 4.79 Å². The van der Waals surface area contributed by atoms with E-state index in [9.17, 15) is 4.79 Å². The van der Waals surface area contributed by atoms with E-state index in [2.05, 4.69) is 12.1 Å². The van der Waals surface area contributed by atoms with E-state index in [4.69, 9.17) is 15.2 Å². The van der Waals surface area contributed by atoms with E-state index in [1.54, 1.807) is 21.1 Å². The molecule has 1 amide bonds. The van der Waals surface area contributed by atoms with Gasteiger partial charge in [0.1, 0.15) is 11.5 Å². The molecule has 0 bridgehead atoms. The van der Waals surface area contributed by atoms with Crippen LogP contribution in [0.2, 0.25) is 0 Å². The number of carbonyl (C=O) groups is 1. The fourth-order valence-corrected chi connectivity index (χ4v) is 3.11. The van der Waals surface area contributed by atoms with Crippen LogP contribution < -0.4 is 15.2 Å². The van der Waals surface area contributed by atoms with Gasteiger partial charge in [0, 0.05) is 19.2 Å². The first-order chi connectivity index (χ1) is 11.0.